The van der Waals surface area contributed by atoms with Gasteiger partial charge in [-0.15, -0.1) is 0 Å². The number of hydrogen-bond donors (Lipinski definition) is 2. The highest BCUT2D eigenvalue weighted by molar-refractivity contribution is 7.07. The Balaban J connectivity index is 1.60. The van der Waals surface area contributed by atoms with E-state index in [2.05, 4.69) is 29.1 Å². The molecule has 108 valence electrons. The second kappa shape index (κ2) is 8.00. The summed E-state index contributed by atoms with van der Waals surface area (Å²) in [4.78, 5) is 0. The lowest BCUT2D eigenvalue weighted by atomic mass is 9.98. The largest absolute Gasteiger partial charge is 0.389 e. The SMILES string of the molecule is CC(NCC(O)COC1CCCCC1)c1ccsc1. The molecule has 19 heavy (non-hydrogen) atoms. The first-order valence-corrected chi connectivity index (χ1v) is 8.25. The Morgan fingerprint density at radius 3 is 2.89 bits per heavy atom. The van der Waals surface area contributed by atoms with E-state index >= 15 is 0 Å². The maximum Gasteiger partial charge on any atom is 0.0898 e. The van der Waals surface area contributed by atoms with Crippen LogP contribution in [0.2, 0.25) is 0 Å². The van der Waals surface area contributed by atoms with Crippen LogP contribution in [0.15, 0.2) is 16.8 Å². The lowest BCUT2D eigenvalue weighted by Gasteiger charge is -2.24. The monoisotopic (exact) mass is 283 g/mol. The molecule has 0 amide bonds. The Morgan fingerprint density at radius 2 is 2.21 bits per heavy atom. The molecule has 0 spiro atoms. The molecular weight excluding hydrogens is 258 g/mol. The molecule has 1 aliphatic rings. The Labute approximate surface area is 120 Å². The smallest absolute Gasteiger partial charge is 0.0898 e. The fourth-order valence-corrected chi connectivity index (χ4v) is 3.24. The van der Waals surface area contributed by atoms with Gasteiger partial charge in [0, 0.05) is 12.6 Å². The highest BCUT2D eigenvalue weighted by Gasteiger charge is 2.16. The molecule has 0 aromatic carbocycles. The van der Waals surface area contributed by atoms with Crippen molar-refractivity contribution < 1.29 is 9.84 Å². The molecule has 4 heteroatoms. The van der Waals surface area contributed by atoms with E-state index in [1.807, 2.05) is 0 Å². The van der Waals surface area contributed by atoms with E-state index in [4.69, 9.17) is 4.74 Å². The molecule has 1 aliphatic carbocycles. The molecule has 1 aromatic heterocycles. The molecule has 1 fully saturated rings. The van der Waals surface area contributed by atoms with E-state index in [9.17, 15) is 5.11 Å². The zero-order valence-corrected chi connectivity index (χ0v) is 12.5. The molecule has 2 rings (SSSR count). The lowest BCUT2D eigenvalue weighted by molar-refractivity contribution is -0.0235. The van der Waals surface area contributed by atoms with Gasteiger partial charge in [0.2, 0.25) is 0 Å². The number of aliphatic hydroxyl groups excluding tert-OH is 1. The first-order valence-electron chi connectivity index (χ1n) is 7.31. The van der Waals surface area contributed by atoms with Gasteiger partial charge in [0.25, 0.3) is 0 Å². The first kappa shape index (κ1) is 15.0. The molecule has 2 N–H and O–H groups in total. The van der Waals surface area contributed by atoms with Crippen molar-refractivity contribution in [3.05, 3.63) is 22.4 Å². The molecule has 0 radical (unpaired) electrons. The van der Waals surface area contributed by atoms with Crippen molar-refractivity contribution in [3.63, 3.8) is 0 Å². The van der Waals surface area contributed by atoms with Crippen LogP contribution >= 0.6 is 11.3 Å². The van der Waals surface area contributed by atoms with Gasteiger partial charge in [-0.1, -0.05) is 19.3 Å². The summed E-state index contributed by atoms with van der Waals surface area (Å²) < 4.78 is 5.78. The van der Waals surface area contributed by atoms with Gasteiger partial charge in [-0.3, -0.25) is 0 Å². The van der Waals surface area contributed by atoms with Crippen molar-refractivity contribution in [2.45, 2.75) is 57.3 Å². The number of rotatable bonds is 7. The summed E-state index contributed by atoms with van der Waals surface area (Å²) >= 11 is 1.70. The Morgan fingerprint density at radius 1 is 1.42 bits per heavy atom. The molecule has 0 saturated heterocycles. The van der Waals surface area contributed by atoms with Crippen LogP contribution in [0, 0.1) is 0 Å². The summed E-state index contributed by atoms with van der Waals surface area (Å²) in [5.41, 5.74) is 1.28. The average molecular weight is 283 g/mol. The number of thiophene rings is 1. The van der Waals surface area contributed by atoms with Crippen molar-refractivity contribution in [1.82, 2.24) is 5.32 Å². The summed E-state index contributed by atoms with van der Waals surface area (Å²) in [6.07, 6.45) is 6.15. The van der Waals surface area contributed by atoms with Crippen LogP contribution in [0.3, 0.4) is 0 Å². The van der Waals surface area contributed by atoms with Gasteiger partial charge in [-0.25, -0.2) is 0 Å². The van der Waals surface area contributed by atoms with E-state index < -0.39 is 6.10 Å². The fraction of sp³-hybridized carbons (Fsp3) is 0.733. The Hall–Kier alpha value is -0.420. The van der Waals surface area contributed by atoms with Crippen LogP contribution in [0.4, 0.5) is 0 Å². The summed E-state index contributed by atoms with van der Waals surface area (Å²) in [6, 6.07) is 2.41. The predicted molar refractivity (Wildman–Crippen MR) is 79.6 cm³/mol. The van der Waals surface area contributed by atoms with Crippen LogP contribution in [0.25, 0.3) is 0 Å². The van der Waals surface area contributed by atoms with Crippen LogP contribution in [-0.2, 0) is 4.74 Å². The van der Waals surface area contributed by atoms with Crippen molar-refractivity contribution in [2.75, 3.05) is 13.2 Å². The summed E-state index contributed by atoms with van der Waals surface area (Å²) in [5, 5.41) is 17.5. The van der Waals surface area contributed by atoms with Gasteiger partial charge in [0.05, 0.1) is 18.8 Å². The highest BCUT2D eigenvalue weighted by Crippen LogP contribution is 2.20. The first-order chi connectivity index (χ1) is 9.25. The zero-order valence-electron chi connectivity index (χ0n) is 11.7. The Kier molecular flexibility index (Phi) is 6.31. The molecule has 0 aliphatic heterocycles. The minimum atomic E-state index is -0.414. The number of aliphatic hydroxyl groups is 1. The van der Waals surface area contributed by atoms with Crippen LogP contribution in [0.5, 0.6) is 0 Å². The fourth-order valence-electron chi connectivity index (χ4n) is 2.49. The van der Waals surface area contributed by atoms with Gasteiger partial charge >= 0.3 is 0 Å². The van der Waals surface area contributed by atoms with E-state index in [-0.39, 0.29) is 6.04 Å². The summed E-state index contributed by atoms with van der Waals surface area (Å²) in [7, 11) is 0. The predicted octanol–water partition coefficient (Wildman–Crippen LogP) is 3.11. The lowest BCUT2D eigenvalue weighted by Crippen LogP contribution is -2.33. The third-order valence-electron chi connectivity index (χ3n) is 3.78. The molecule has 1 heterocycles. The van der Waals surface area contributed by atoms with Gasteiger partial charge in [-0.05, 0) is 42.2 Å². The van der Waals surface area contributed by atoms with Gasteiger partial charge in [0.1, 0.15) is 0 Å². The second-order valence-corrected chi connectivity index (χ2v) is 6.21. The second-order valence-electron chi connectivity index (χ2n) is 5.43. The van der Waals surface area contributed by atoms with Gasteiger partial charge in [-0.2, -0.15) is 11.3 Å². The zero-order chi connectivity index (χ0) is 13.5. The maximum absolute atomic E-state index is 9.94. The van der Waals surface area contributed by atoms with Crippen molar-refractivity contribution >= 4 is 11.3 Å². The summed E-state index contributed by atoms with van der Waals surface area (Å²) in [5.74, 6) is 0. The molecule has 1 aromatic rings. The minimum Gasteiger partial charge on any atom is -0.389 e. The number of hydrogen-bond acceptors (Lipinski definition) is 4. The van der Waals surface area contributed by atoms with E-state index in [1.54, 1.807) is 11.3 Å². The van der Waals surface area contributed by atoms with Crippen LogP contribution in [0.1, 0.15) is 50.6 Å². The summed E-state index contributed by atoms with van der Waals surface area (Å²) in [6.45, 7) is 3.16. The topological polar surface area (TPSA) is 41.5 Å². The van der Waals surface area contributed by atoms with Crippen molar-refractivity contribution in [2.24, 2.45) is 0 Å². The standard InChI is InChI=1S/C15H25NO2S/c1-12(13-7-8-19-11-13)16-9-14(17)10-18-15-5-3-2-4-6-15/h7-8,11-12,14-17H,2-6,9-10H2,1H3. The number of ether oxygens (including phenoxy) is 1. The Bertz CT molecular complexity index is 336. The molecule has 0 bridgehead atoms. The van der Waals surface area contributed by atoms with Gasteiger partial charge in [0.15, 0.2) is 0 Å². The highest BCUT2D eigenvalue weighted by atomic mass is 32.1. The molecule has 1 saturated carbocycles. The maximum atomic E-state index is 9.94. The number of nitrogens with one attached hydrogen (secondary N) is 1. The quantitative estimate of drug-likeness (QED) is 0.808. The van der Waals surface area contributed by atoms with E-state index in [0.29, 0.717) is 19.3 Å². The average Bonchev–Trinajstić information content (AvgIpc) is 2.98. The molecular formula is C15H25NO2S. The van der Waals surface area contributed by atoms with Crippen molar-refractivity contribution in [1.29, 1.82) is 0 Å². The molecule has 2 unspecified atom stereocenters. The minimum absolute atomic E-state index is 0.288. The normalized spacial score (nSPS) is 20.3. The van der Waals surface area contributed by atoms with E-state index in [0.717, 1.165) is 12.8 Å². The molecule has 3 nitrogen and oxygen atoms in total. The molecule has 2 atom stereocenters. The van der Waals surface area contributed by atoms with Crippen LogP contribution < -0.4 is 5.32 Å². The van der Waals surface area contributed by atoms with Crippen LogP contribution in [-0.4, -0.2) is 30.5 Å². The van der Waals surface area contributed by atoms with Crippen molar-refractivity contribution in [3.8, 4) is 0 Å². The third-order valence-corrected chi connectivity index (χ3v) is 4.48. The third kappa shape index (κ3) is 5.22. The van der Waals surface area contributed by atoms with E-state index in [1.165, 1.54) is 24.8 Å². The van der Waals surface area contributed by atoms with Gasteiger partial charge < -0.3 is 15.2 Å².